The second-order valence-corrected chi connectivity index (χ2v) is 5.62. The van der Waals surface area contributed by atoms with E-state index >= 15 is 0 Å². The summed E-state index contributed by atoms with van der Waals surface area (Å²) in [5.41, 5.74) is 1.22. The lowest BCUT2D eigenvalue weighted by atomic mass is 9.99. The predicted molar refractivity (Wildman–Crippen MR) is 82.0 cm³/mol. The maximum Gasteiger partial charge on any atom is 0.416 e. The number of phenols is 1. The second kappa shape index (κ2) is 5.91. The first-order valence-corrected chi connectivity index (χ1v) is 6.95. The van der Waals surface area contributed by atoms with E-state index in [9.17, 15) is 18.3 Å². The highest BCUT2D eigenvalue weighted by molar-refractivity contribution is 5.75. The Morgan fingerprint density at radius 3 is 2.32 bits per heavy atom. The zero-order valence-corrected chi connectivity index (χ0v) is 12.6. The van der Waals surface area contributed by atoms with Gasteiger partial charge >= 0.3 is 6.18 Å². The van der Waals surface area contributed by atoms with Crippen LogP contribution in [0.4, 0.5) is 18.9 Å². The molecule has 0 amide bonds. The van der Waals surface area contributed by atoms with Gasteiger partial charge in [0.25, 0.3) is 0 Å². The Kier molecular flexibility index (Phi) is 4.35. The topological polar surface area (TPSA) is 32.3 Å². The number of nitrogens with one attached hydrogen (secondary N) is 1. The molecule has 0 spiro atoms. The molecule has 2 aromatic carbocycles. The van der Waals surface area contributed by atoms with Crippen molar-refractivity contribution in [3.63, 3.8) is 0 Å². The number of aryl methyl sites for hydroxylation is 1. The van der Waals surface area contributed by atoms with Crippen molar-refractivity contribution in [3.8, 4) is 16.9 Å². The SMILES string of the molecule is Cc1ccc(O)c(-c2cc(NC(C)C)cc(C(F)(F)F)c2)c1. The fraction of sp³-hybridized carbons (Fsp3) is 0.294. The molecule has 2 N–H and O–H groups in total. The zero-order chi connectivity index (χ0) is 16.5. The van der Waals surface area contributed by atoms with E-state index in [1.54, 1.807) is 18.2 Å². The van der Waals surface area contributed by atoms with E-state index in [2.05, 4.69) is 5.32 Å². The Balaban J connectivity index is 2.61. The number of alkyl halides is 3. The molecule has 118 valence electrons. The molecule has 0 atom stereocenters. The molecule has 0 unspecified atom stereocenters. The minimum atomic E-state index is -4.44. The lowest BCUT2D eigenvalue weighted by molar-refractivity contribution is -0.137. The van der Waals surface area contributed by atoms with Crippen molar-refractivity contribution < 1.29 is 18.3 Å². The molecular formula is C17H18F3NO. The van der Waals surface area contributed by atoms with Gasteiger partial charge in [-0.05, 0) is 56.7 Å². The van der Waals surface area contributed by atoms with Crippen molar-refractivity contribution in [2.45, 2.75) is 33.0 Å². The molecular weight excluding hydrogens is 291 g/mol. The van der Waals surface area contributed by atoms with E-state index in [0.29, 0.717) is 16.8 Å². The molecule has 0 aliphatic heterocycles. The van der Waals surface area contributed by atoms with E-state index < -0.39 is 11.7 Å². The molecule has 2 rings (SSSR count). The predicted octanol–water partition coefficient (Wildman–Crippen LogP) is 5.21. The summed E-state index contributed by atoms with van der Waals surface area (Å²) < 4.78 is 39.3. The number of benzene rings is 2. The van der Waals surface area contributed by atoms with Gasteiger partial charge in [-0.3, -0.25) is 0 Å². The smallest absolute Gasteiger partial charge is 0.416 e. The summed E-state index contributed by atoms with van der Waals surface area (Å²) in [6.07, 6.45) is -4.44. The van der Waals surface area contributed by atoms with Crippen LogP contribution in [-0.2, 0) is 6.18 Å². The van der Waals surface area contributed by atoms with Crippen LogP contribution in [0.3, 0.4) is 0 Å². The monoisotopic (exact) mass is 309 g/mol. The zero-order valence-electron chi connectivity index (χ0n) is 12.6. The maximum atomic E-state index is 13.1. The number of phenolic OH excluding ortho intramolecular Hbond substituents is 1. The van der Waals surface area contributed by atoms with E-state index in [4.69, 9.17) is 0 Å². The molecule has 0 fully saturated rings. The molecule has 22 heavy (non-hydrogen) atoms. The Bertz CT molecular complexity index is 678. The van der Waals surface area contributed by atoms with Crippen molar-refractivity contribution >= 4 is 5.69 Å². The Morgan fingerprint density at radius 1 is 1.05 bits per heavy atom. The van der Waals surface area contributed by atoms with Crippen LogP contribution >= 0.6 is 0 Å². The van der Waals surface area contributed by atoms with E-state index in [1.807, 2.05) is 20.8 Å². The minimum Gasteiger partial charge on any atom is -0.507 e. The van der Waals surface area contributed by atoms with Gasteiger partial charge in [-0.25, -0.2) is 0 Å². The first kappa shape index (κ1) is 16.2. The average molecular weight is 309 g/mol. The van der Waals surface area contributed by atoms with Gasteiger partial charge in [0.2, 0.25) is 0 Å². The van der Waals surface area contributed by atoms with E-state index in [1.165, 1.54) is 6.07 Å². The molecule has 0 aromatic heterocycles. The molecule has 5 heteroatoms. The van der Waals surface area contributed by atoms with Crippen LogP contribution in [-0.4, -0.2) is 11.1 Å². The first-order chi connectivity index (χ1) is 10.2. The van der Waals surface area contributed by atoms with Crippen LogP contribution in [0.15, 0.2) is 36.4 Å². The average Bonchev–Trinajstić information content (AvgIpc) is 2.39. The maximum absolute atomic E-state index is 13.1. The summed E-state index contributed by atoms with van der Waals surface area (Å²) >= 11 is 0. The lowest BCUT2D eigenvalue weighted by Gasteiger charge is -2.16. The van der Waals surface area contributed by atoms with Gasteiger partial charge in [-0.15, -0.1) is 0 Å². The van der Waals surface area contributed by atoms with Gasteiger partial charge in [-0.2, -0.15) is 13.2 Å². The number of anilines is 1. The Morgan fingerprint density at radius 2 is 1.73 bits per heavy atom. The highest BCUT2D eigenvalue weighted by Gasteiger charge is 2.31. The van der Waals surface area contributed by atoms with Crippen molar-refractivity contribution in [1.82, 2.24) is 0 Å². The van der Waals surface area contributed by atoms with Crippen molar-refractivity contribution in [1.29, 1.82) is 0 Å². The first-order valence-electron chi connectivity index (χ1n) is 6.95. The summed E-state index contributed by atoms with van der Waals surface area (Å²) in [6, 6.07) is 8.62. The van der Waals surface area contributed by atoms with Crippen molar-refractivity contribution in [3.05, 3.63) is 47.5 Å². The number of aromatic hydroxyl groups is 1. The molecule has 0 saturated heterocycles. The number of rotatable bonds is 3. The van der Waals surface area contributed by atoms with Crippen molar-refractivity contribution in [2.75, 3.05) is 5.32 Å². The lowest BCUT2D eigenvalue weighted by Crippen LogP contribution is -2.12. The summed E-state index contributed by atoms with van der Waals surface area (Å²) in [5, 5.41) is 12.9. The third-order valence-corrected chi connectivity index (χ3v) is 3.18. The largest absolute Gasteiger partial charge is 0.507 e. The highest BCUT2D eigenvalue weighted by atomic mass is 19.4. The number of hydrogen-bond donors (Lipinski definition) is 2. The van der Waals surface area contributed by atoms with Gasteiger partial charge in [0.05, 0.1) is 5.56 Å². The van der Waals surface area contributed by atoms with Crippen LogP contribution in [0.1, 0.15) is 25.0 Å². The number of halogens is 3. The van der Waals surface area contributed by atoms with Gasteiger partial charge in [0, 0.05) is 17.3 Å². The third-order valence-electron chi connectivity index (χ3n) is 3.18. The Labute approximate surface area is 127 Å². The molecule has 0 heterocycles. The fourth-order valence-electron chi connectivity index (χ4n) is 2.24. The van der Waals surface area contributed by atoms with Gasteiger partial charge in [-0.1, -0.05) is 11.6 Å². The summed E-state index contributed by atoms with van der Waals surface area (Å²) in [4.78, 5) is 0. The van der Waals surface area contributed by atoms with Gasteiger partial charge < -0.3 is 10.4 Å². The molecule has 0 saturated carbocycles. The van der Waals surface area contributed by atoms with Gasteiger partial charge in [0.15, 0.2) is 0 Å². The molecule has 2 nitrogen and oxygen atoms in total. The van der Waals surface area contributed by atoms with Crippen LogP contribution in [0.5, 0.6) is 5.75 Å². The molecule has 0 aliphatic rings. The van der Waals surface area contributed by atoms with Crippen LogP contribution < -0.4 is 5.32 Å². The normalized spacial score (nSPS) is 11.8. The van der Waals surface area contributed by atoms with Crippen LogP contribution in [0.25, 0.3) is 11.1 Å². The second-order valence-electron chi connectivity index (χ2n) is 5.62. The summed E-state index contributed by atoms with van der Waals surface area (Å²) in [6.45, 7) is 5.53. The summed E-state index contributed by atoms with van der Waals surface area (Å²) in [5.74, 6) is -0.0413. The van der Waals surface area contributed by atoms with Gasteiger partial charge in [0.1, 0.15) is 5.75 Å². The third kappa shape index (κ3) is 3.72. The van der Waals surface area contributed by atoms with E-state index in [-0.39, 0.29) is 11.8 Å². The molecule has 0 radical (unpaired) electrons. The van der Waals surface area contributed by atoms with E-state index in [0.717, 1.165) is 17.7 Å². The minimum absolute atomic E-state index is 0.00226. The number of hydrogen-bond acceptors (Lipinski definition) is 2. The quantitative estimate of drug-likeness (QED) is 0.816. The molecule has 2 aromatic rings. The fourth-order valence-corrected chi connectivity index (χ4v) is 2.24. The Hall–Kier alpha value is -2.17. The molecule has 0 aliphatic carbocycles. The van der Waals surface area contributed by atoms with Crippen LogP contribution in [0.2, 0.25) is 0 Å². The standard InChI is InChI=1S/C17H18F3NO/c1-10(2)21-14-8-12(7-13(9-14)17(18,19)20)15-6-11(3)4-5-16(15)22/h4-10,21-22H,1-3H3. The molecule has 0 bridgehead atoms. The summed E-state index contributed by atoms with van der Waals surface area (Å²) in [7, 11) is 0. The van der Waals surface area contributed by atoms with Crippen molar-refractivity contribution in [2.24, 2.45) is 0 Å². The van der Waals surface area contributed by atoms with Crippen LogP contribution in [0, 0.1) is 6.92 Å². The highest BCUT2D eigenvalue weighted by Crippen LogP contribution is 2.37.